The van der Waals surface area contributed by atoms with E-state index >= 15 is 0 Å². The number of carbonyl (C=O) groups excluding carboxylic acids is 2. The molecular formula is C40H48N4O6. The van der Waals surface area contributed by atoms with Crippen molar-refractivity contribution in [1.82, 2.24) is 19.4 Å². The minimum Gasteiger partial charge on any atom is -0.493 e. The number of hydrogen-bond donors (Lipinski definition) is 0. The highest BCUT2D eigenvalue weighted by atomic mass is 16.5. The highest BCUT2D eigenvalue weighted by molar-refractivity contribution is 5.98. The number of carbonyl (C=O) groups is 2. The second-order valence-corrected chi connectivity index (χ2v) is 13.2. The van der Waals surface area contributed by atoms with Crippen LogP contribution in [0.1, 0.15) is 52.2 Å². The predicted octanol–water partition coefficient (Wildman–Crippen LogP) is 6.03. The third-order valence-corrected chi connectivity index (χ3v) is 10.4. The zero-order chi connectivity index (χ0) is 35.1. The van der Waals surface area contributed by atoms with Gasteiger partial charge in [0.25, 0.3) is 5.91 Å². The van der Waals surface area contributed by atoms with E-state index in [2.05, 4.69) is 35.7 Å². The molecule has 10 heteroatoms. The maximum absolute atomic E-state index is 13.9. The van der Waals surface area contributed by atoms with E-state index in [-0.39, 0.29) is 23.0 Å². The molecule has 1 aromatic heterocycles. The average molecular weight is 681 g/mol. The number of benzene rings is 3. The summed E-state index contributed by atoms with van der Waals surface area (Å²) in [6.07, 6.45) is 5.09. The van der Waals surface area contributed by atoms with Crippen molar-refractivity contribution in [3.63, 3.8) is 0 Å². The van der Waals surface area contributed by atoms with Crippen molar-refractivity contribution in [2.24, 2.45) is 5.92 Å². The van der Waals surface area contributed by atoms with Crippen molar-refractivity contribution in [2.75, 3.05) is 67.3 Å². The lowest BCUT2D eigenvalue weighted by atomic mass is 9.76. The summed E-state index contributed by atoms with van der Waals surface area (Å²) >= 11 is 0. The Morgan fingerprint density at radius 2 is 1.62 bits per heavy atom. The summed E-state index contributed by atoms with van der Waals surface area (Å²) in [6.45, 7) is 9.10. The van der Waals surface area contributed by atoms with Crippen LogP contribution in [0.5, 0.6) is 17.2 Å². The number of ether oxygens (including phenoxy) is 4. The molecule has 2 saturated heterocycles. The molecule has 2 aliphatic rings. The number of amides is 1. The van der Waals surface area contributed by atoms with Crippen LogP contribution in [0.25, 0.3) is 11.0 Å². The Kier molecular flexibility index (Phi) is 11.2. The van der Waals surface area contributed by atoms with E-state index < -0.39 is 0 Å². The fraction of sp³-hybridized carbons (Fsp3) is 0.425. The summed E-state index contributed by atoms with van der Waals surface area (Å²) in [5.41, 5.74) is 3.37. The topological polar surface area (TPSA) is 95.4 Å². The highest BCUT2D eigenvalue weighted by Crippen LogP contribution is 2.41. The molecule has 2 fully saturated rings. The van der Waals surface area contributed by atoms with E-state index in [9.17, 15) is 9.59 Å². The molecule has 0 saturated carbocycles. The lowest BCUT2D eigenvalue weighted by Crippen LogP contribution is -2.41. The zero-order valence-electron chi connectivity index (χ0n) is 29.4. The number of fused-ring (bicyclic) bond motifs is 1. The molecule has 3 aromatic carbocycles. The Morgan fingerprint density at radius 1 is 0.920 bits per heavy atom. The monoisotopic (exact) mass is 680 g/mol. The van der Waals surface area contributed by atoms with Crippen LogP contribution in [0.2, 0.25) is 0 Å². The van der Waals surface area contributed by atoms with Crippen LogP contribution < -0.4 is 14.2 Å². The van der Waals surface area contributed by atoms with Gasteiger partial charge in [-0.15, -0.1) is 6.58 Å². The smallest absolute Gasteiger partial charge is 0.254 e. The fourth-order valence-electron chi connectivity index (χ4n) is 7.59. The van der Waals surface area contributed by atoms with Crippen molar-refractivity contribution < 1.29 is 28.5 Å². The van der Waals surface area contributed by atoms with Gasteiger partial charge in [0.05, 0.1) is 45.6 Å². The standard InChI is InChI=1S/C40H48N4O6/c1-5-24-50-25-23-44-33-14-10-9-13-32(33)41-38(44)36(45)29-15-19-42(20-16-29)21-17-40(31-11-7-6-8-12-31)18-22-43(28-40)39(46)30-26-34(47-2)37(49-4)35(27-30)48-3/h5-14,26-27,29H,1,15-25,28H2,2-4H3. The van der Waals surface area contributed by atoms with Crippen molar-refractivity contribution in [1.29, 1.82) is 0 Å². The van der Waals surface area contributed by atoms with Gasteiger partial charge in [0, 0.05) is 36.5 Å². The molecule has 0 bridgehead atoms. The Hall–Kier alpha value is -4.67. The molecular weight excluding hydrogens is 632 g/mol. The van der Waals surface area contributed by atoms with Crippen molar-refractivity contribution >= 4 is 22.7 Å². The van der Waals surface area contributed by atoms with E-state index in [4.69, 9.17) is 23.9 Å². The van der Waals surface area contributed by atoms with E-state index in [1.165, 1.54) is 5.56 Å². The first kappa shape index (κ1) is 35.2. The lowest BCUT2D eigenvalue weighted by Gasteiger charge is -2.36. The lowest BCUT2D eigenvalue weighted by molar-refractivity contribution is 0.0777. The van der Waals surface area contributed by atoms with Gasteiger partial charge in [-0.2, -0.15) is 0 Å². The van der Waals surface area contributed by atoms with Crippen molar-refractivity contribution in [2.45, 2.75) is 37.6 Å². The molecule has 0 aliphatic carbocycles. The van der Waals surface area contributed by atoms with Gasteiger partial charge in [-0.25, -0.2) is 4.98 Å². The minimum absolute atomic E-state index is 0.0559. The summed E-state index contributed by atoms with van der Waals surface area (Å²) in [6, 6.07) is 21.9. The molecule has 50 heavy (non-hydrogen) atoms. The predicted molar refractivity (Wildman–Crippen MR) is 194 cm³/mol. The number of imidazole rings is 1. The molecule has 0 radical (unpaired) electrons. The largest absolute Gasteiger partial charge is 0.493 e. The molecule has 0 N–H and O–H groups in total. The first-order chi connectivity index (χ1) is 24.4. The van der Waals surface area contributed by atoms with Gasteiger partial charge in [0.1, 0.15) is 0 Å². The first-order valence-corrected chi connectivity index (χ1v) is 17.5. The third kappa shape index (κ3) is 7.27. The third-order valence-electron chi connectivity index (χ3n) is 10.4. The summed E-state index contributed by atoms with van der Waals surface area (Å²) in [5.74, 6) is 1.89. The second kappa shape index (κ2) is 15.9. The molecule has 264 valence electrons. The van der Waals surface area contributed by atoms with Crippen LogP contribution in [0.4, 0.5) is 0 Å². The van der Waals surface area contributed by atoms with Crippen LogP contribution in [0.3, 0.4) is 0 Å². The molecule has 10 nitrogen and oxygen atoms in total. The number of para-hydroxylation sites is 2. The number of likely N-dealkylation sites (tertiary alicyclic amines) is 2. The maximum atomic E-state index is 13.9. The minimum atomic E-state index is -0.178. The van der Waals surface area contributed by atoms with Crippen LogP contribution in [0.15, 0.2) is 79.4 Å². The van der Waals surface area contributed by atoms with E-state index in [0.29, 0.717) is 61.5 Å². The van der Waals surface area contributed by atoms with Gasteiger partial charge in [0.2, 0.25) is 11.5 Å². The van der Waals surface area contributed by atoms with Gasteiger partial charge in [0.15, 0.2) is 17.3 Å². The average Bonchev–Trinajstić information content (AvgIpc) is 3.78. The fourth-order valence-corrected chi connectivity index (χ4v) is 7.59. The van der Waals surface area contributed by atoms with Gasteiger partial charge in [-0.05, 0) is 75.1 Å². The Labute approximate surface area is 294 Å². The van der Waals surface area contributed by atoms with Crippen LogP contribution in [-0.2, 0) is 16.7 Å². The second-order valence-electron chi connectivity index (χ2n) is 13.2. The summed E-state index contributed by atoms with van der Waals surface area (Å²) in [4.78, 5) is 37.0. The Bertz CT molecular complexity index is 1770. The number of aromatic nitrogens is 2. The van der Waals surface area contributed by atoms with Crippen LogP contribution in [-0.4, -0.2) is 98.3 Å². The number of rotatable bonds is 15. The van der Waals surface area contributed by atoms with E-state index in [1.54, 1.807) is 39.5 Å². The summed E-state index contributed by atoms with van der Waals surface area (Å²) < 4.78 is 24.2. The van der Waals surface area contributed by atoms with E-state index in [0.717, 1.165) is 56.4 Å². The molecule has 6 rings (SSSR count). The Balaban J connectivity index is 1.12. The number of ketones is 1. The van der Waals surface area contributed by atoms with Crippen molar-refractivity contribution in [3.8, 4) is 17.2 Å². The Morgan fingerprint density at radius 3 is 2.30 bits per heavy atom. The van der Waals surface area contributed by atoms with E-state index in [1.807, 2.05) is 39.8 Å². The molecule has 4 aromatic rings. The first-order valence-electron chi connectivity index (χ1n) is 17.5. The molecule has 1 unspecified atom stereocenters. The number of Topliss-reactive ketones (excluding diaryl/α,β-unsaturated/α-hetero) is 1. The summed E-state index contributed by atoms with van der Waals surface area (Å²) in [5, 5.41) is 0. The van der Waals surface area contributed by atoms with Crippen LogP contribution >= 0.6 is 0 Å². The molecule has 1 atom stereocenters. The molecule has 2 aliphatic heterocycles. The quantitative estimate of drug-likeness (QED) is 0.0854. The van der Waals surface area contributed by atoms with Gasteiger partial charge < -0.3 is 33.3 Å². The number of piperidine rings is 1. The number of hydrogen-bond acceptors (Lipinski definition) is 8. The maximum Gasteiger partial charge on any atom is 0.254 e. The molecule has 1 amide bonds. The molecule has 3 heterocycles. The van der Waals surface area contributed by atoms with Crippen LogP contribution in [0, 0.1) is 5.92 Å². The normalized spacial score (nSPS) is 18.3. The SMILES string of the molecule is C=CCOCCn1c(C(=O)C2CCN(CCC3(c4ccccc4)CCN(C(=O)c4cc(OC)c(OC)c(OC)c4)C3)CC2)nc2ccccc21. The van der Waals surface area contributed by atoms with Gasteiger partial charge >= 0.3 is 0 Å². The van der Waals surface area contributed by atoms with Gasteiger partial charge in [-0.1, -0.05) is 48.5 Å². The van der Waals surface area contributed by atoms with Gasteiger partial charge in [-0.3, -0.25) is 9.59 Å². The summed E-state index contributed by atoms with van der Waals surface area (Å²) in [7, 11) is 4.66. The van der Waals surface area contributed by atoms with Crippen molar-refractivity contribution in [3.05, 3.63) is 96.3 Å². The zero-order valence-corrected chi connectivity index (χ0v) is 29.4. The number of methoxy groups -OCH3 is 3. The highest BCUT2D eigenvalue weighted by Gasteiger charge is 2.42. The number of nitrogens with zero attached hydrogens (tertiary/aromatic N) is 4. The molecule has 0 spiro atoms.